The minimum absolute atomic E-state index is 0.175. The molecule has 1 unspecified atom stereocenters. The summed E-state index contributed by atoms with van der Waals surface area (Å²) in [5.74, 6) is -2.56. The second kappa shape index (κ2) is 5.02. The van der Waals surface area contributed by atoms with Crippen LogP contribution in [0.2, 0.25) is 0 Å². The van der Waals surface area contributed by atoms with Gasteiger partial charge in [-0.2, -0.15) is 4.68 Å². The van der Waals surface area contributed by atoms with Crippen LogP contribution in [-0.2, 0) is 9.59 Å². The Hall–Kier alpha value is -2.68. The summed E-state index contributed by atoms with van der Waals surface area (Å²) >= 11 is 0.795. The normalized spacial score (nSPS) is 17.4. The fraction of sp³-hybridized carbons (Fsp3) is 0.0833. The second-order valence-corrected chi connectivity index (χ2v) is 5.22. The summed E-state index contributed by atoms with van der Waals surface area (Å²) in [6.07, 6.45) is 0. The standard InChI is InChI=1S/C12H8N4O4S/c17-10(18)7-8(6-4-2-1-3-5-6)16-12(13-14-15-16)21-9(7)11(19)20/h1-5,9H,(H,17,18)(H,19,20). The Balaban J connectivity index is 2.32. The molecule has 2 aromatic rings. The molecule has 0 fully saturated rings. The molecule has 0 saturated carbocycles. The van der Waals surface area contributed by atoms with Gasteiger partial charge in [-0.3, -0.25) is 4.79 Å². The third-order valence-corrected chi connectivity index (χ3v) is 4.03. The molecule has 2 N–H and O–H groups in total. The number of aromatic nitrogens is 4. The number of carboxylic acids is 2. The Labute approximate surface area is 122 Å². The van der Waals surface area contributed by atoms with E-state index in [-0.39, 0.29) is 16.4 Å². The number of rotatable bonds is 3. The monoisotopic (exact) mass is 304 g/mol. The molecule has 1 aromatic heterocycles. The van der Waals surface area contributed by atoms with Gasteiger partial charge in [0.2, 0.25) is 5.16 Å². The Bertz CT molecular complexity index is 756. The molecular formula is C12H8N4O4S. The SMILES string of the molecule is O=C(O)C1=C(c2ccccc2)n2nnnc2SC1C(=O)O. The molecule has 0 aliphatic carbocycles. The van der Waals surface area contributed by atoms with Gasteiger partial charge in [0.25, 0.3) is 0 Å². The number of tetrazole rings is 1. The van der Waals surface area contributed by atoms with Crippen LogP contribution < -0.4 is 0 Å². The number of hydrogen-bond donors (Lipinski definition) is 2. The Kier molecular flexibility index (Phi) is 3.18. The zero-order chi connectivity index (χ0) is 15.0. The van der Waals surface area contributed by atoms with E-state index in [0.717, 1.165) is 11.8 Å². The fourth-order valence-electron chi connectivity index (χ4n) is 2.06. The quantitative estimate of drug-likeness (QED) is 0.845. The summed E-state index contributed by atoms with van der Waals surface area (Å²) in [5, 5.41) is 28.7. The first-order valence-corrected chi connectivity index (χ1v) is 6.68. The van der Waals surface area contributed by atoms with Crippen LogP contribution in [0, 0.1) is 0 Å². The van der Waals surface area contributed by atoms with Gasteiger partial charge in [-0.05, 0) is 10.4 Å². The van der Waals surface area contributed by atoms with Crippen LogP contribution in [-0.4, -0.2) is 47.6 Å². The molecule has 3 rings (SSSR count). The summed E-state index contributed by atoms with van der Waals surface area (Å²) in [6, 6.07) is 8.58. The van der Waals surface area contributed by atoms with E-state index >= 15 is 0 Å². The van der Waals surface area contributed by atoms with E-state index in [1.165, 1.54) is 4.68 Å². The largest absolute Gasteiger partial charge is 0.480 e. The lowest BCUT2D eigenvalue weighted by Crippen LogP contribution is -2.30. The summed E-state index contributed by atoms with van der Waals surface area (Å²) in [7, 11) is 0. The van der Waals surface area contributed by atoms with Crippen molar-refractivity contribution >= 4 is 29.4 Å². The van der Waals surface area contributed by atoms with Crippen molar-refractivity contribution < 1.29 is 19.8 Å². The first-order valence-electron chi connectivity index (χ1n) is 5.80. The maximum absolute atomic E-state index is 11.6. The number of carbonyl (C=O) groups is 2. The molecule has 8 nitrogen and oxygen atoms in total. The topological polar surface area (TPSA) is 118 Å². The van der Waals surface area contributed by atoms with E-state index in [4.69, 9.17) is 0 Å². The van der Waals surface area contributed by atoms with Gasteiger partial charge < -0.3 is 10.2 Å². The van der Waals surface area contributed by atoms with Gasteiger partial charge >= 0.3 is 11.9 Å². The maximum Gasteiger partial charge on any atom is 0.335 e. The van der Waals surface area contributed by atoms with Crippen LogP contribution >= 0.6 is 11.8 Å². The van der Waals surface area contributed by atoms with Gasteiger partial charge in [0.1, 0.15) is 5.25 Å². The summed E-state index contributed by atoms with van der Waals surface area (Å²) in [6.45, 7) is 0. The molecule has 2 heterocycles. The second-order valence-electron chi connectivity index (χ2n) is 4.14. The molecular weight excluding hydrogens is 296 g/mol. The third-order valence-electron chi connectivity index (χ3n) is 2.90. The number of hydrogen-bond acceptors (Lipinski definition) is 6. The lowest BCUT2D eigenvalue weighted by Gasteiger charge is -2.22. The van der Waals surface area contributed by atoms with Crippen LogP contribution in [0.4, 0.5) is 0 Å². The first-order chi connectivity index (χ1) is 10.1. The first kappa shape index (κ1) is 13.3. The van der Waals surface area contributed by atoms with Gasteiger partial charge in [-0.25, -0.2) is 4.79 Å². The van der Waals surface area contributed by atoms with Gasteiger partial charge in [0, 0.05) is 5.56 Å². The number of nitrogens with zero attached hydrogens (tertiary/aromatic N) is 4. The number of thioether (sulfide) groups is 1. The Morgan fingerprint density at radius 3 is 2.52 bits per heavy atom. The van der Waals surface area contributed by atoms with Crippen molar-refractivity contribution in [2.24, 2.45) is 0 Å². The maximum atomic E-state index is 11.6. The predicted molar refractivity (Wildman–Crippen MR) is 71.5 cm³/mol. The van der Waals surface area contributed by atoms with E-state index < -0.39 is 17.2 Å². The smallest absolute Gasteiger partial charge is 0.335 e. The number of aliphatic carboxylic acids is 2. The van der Waals surface area contributed by atoms with Crippen LogP contribution in [0.15, 0.2) is 41.1 Å². The number of fused-ring (bicyclic) bond motifs is 1. The lowest BCUT2D eigenvalue weighted by atomic mass is 10.0. The molecule has 1 aliphatic rings. The molecule has 9 heteroatoms. The molecule has 0 spiro atoms. The van der Waals surface area contributed by atoms with E-state index in [0.29, 0.717) is 5.56 Å². The average Bonchev–Trinajstić information content (AvgIpc) is 2.93. The van der Waals surface area contributed by atoms with Crippen molar-refractivity contribution in [3.63, 3.8) is 0 Å². The van der Waals surface area contributed by atoms with E-state index in [1.54, 1.807) is 30.3 Å². The number of benzene rings is 1. The van der Waals surface area contributed by atoms with Gasteiger partial charge in [0.15, 0.2) is 0 Å². The Morgan fingerprint density at radius 2 is 1.90 bits per heavy atom. The van der Waals surface area contributed by atoms with E-state index in [2.05, 4.69) is 15.5 Å². The van der Waals surface area contributed by atoms with Gasteiger partial charge in [-0.1, -0.05) is 42.1 Å². The van der Waals surface area contributed by atoms with Crippen molar-refractivity contribution in [2.75, 3.05) is 0 Å². The minimum atomic E-state index is -1.31. The summed E-state index contributed by atoms with van der Waals surface area (Å²) in [4.78, 5) is 22.9. The molecule has 106 valence electrons. The summed E-state index contributed by atoms with van der Waals surface area (Å²) in [5.41, 5.74) is 0.461. The van der Waals surface area contributed by atoms with Crippen molar-refractivity contribution in [1.82, 2.24) is 20.2 Å². The van der Waals surface area contributed by atoms with Crippen molar-refractivity contribution in [1.29, 1.82) is 0 Å². The average molecular weight is 304 g/mol. The van der Waals surface area contributed by atoms with Crippen molar-refractivity contribution in [3.8, 4) is 0 Å². The van der Waals surface area contributed by atoms with Crippen LogP contribution in [0.5, 0.6) is 0 Å². The molecule has 21 heavy (non-hydrogen) atoms. The van der Waals surface area contributed by atoms with Crippen LogP contribution in [0.1, 0.15) is 5.56 Å². The highest BCUT2D eigenvalue weighted by Gasteiger charge is 2.39. The molecule has 0 amide bonds. The van der Waals surface area contributed by atoms with Crippen molar-refractivity contribution in [2.45, 2.75) is 10.4 Å². The molecule has 0 radical (unpaired) electrons. The molecule has 0 bridgehead atoms. The van der Waals surface area contributed by atoms with Crippen LogP contribution in [0.3, 0.4) is 0 Å². The van der Waals surface area contributed by atoms with Crippen molar-refractivity contribution in [3.05, 3.63) is 41.5 Å². The predicted octanol–water partition coefficient (Wildman–Crippen LogP) is 0.576. The Morgan fingerprint density at radius 1 is 1.19 bits per heavy atom. The highest BCUT2D eigenvalue weighted by atomic mass is 32.2. The minimum Gasteiger partial charge on any atom is -0.480 e. The fourth-order valence-corrected chi connectivity index (χ4v) is 3.01. The summed E-state index contributed by atoms with van der Waals surface area (Å²) < 4.78 is 1.25. The van der Waals surface area contributed by atoms with E-state index in [1.807, 2.05) is 0 Å². The number of carboxylic acid groups (broad SMARTS) is 2. The zero-order valence-electron chi connectivity index (χ0n) is 10.4. The highest BCUT2D eigenvalue weighted by molar-refractivity contribution is 8.00. The molecule has 1 aromatic carbocycles. The molecule has 1 atom stereocenters. The third kappa shape index (κ3) is 2.17. The molecule has 0 saturated heterocycles. The zero-order valence-corrected chi connectivity index (χ0v) is 11.2. The van der Waals surface area contributed by atoms with Gasteiger partial charge in [-0.15, -0.1) is 5.10 Å². The van der Waals surface area contributed by atoms with E-state index in [9.17, 15) is 19.8 Å². The lowest BCUT2D eigenvalue weighted by molar-refractivity contribution is -0.139. The molecule has 1 aliphatic heterocycles. The van der Waals surface area contributed by atoms with Gasteiger partial charge in [0.05, 0.1) is 11.3 Å². The van der Waals surface area contributed by atoms with Crippen LogP contribution in [0.25, 0.3) is 5.70 Å². The highest BCUT2D eigenvalue weighted by Crippen LogP contribution is 2.38.